The van der Waals surface area contributed by atoms with Crippen LogP contribution in [0.2, 0.25) is 0 Å². The number of carbonyl (C=O) groups excluding carboxylic acids is 1. The zero-order chi connectivity index (χ0) is 13.8. The molecule has 0 unspecified atom stereocenters. The van der Waals surface area contributed by atoms with Gasteiger partial charge in [0.2, 0.25) is 0 Å². The standard InChI is InChI=1S/C15H17NO3/c1-4-19-15(17)14-10-5-11(2)16(14)12-6-8-13(18-3)9-7-12/h5-10H,4H2,1-3H3. The molecule has 1 heterocycles. The highest BCUT2D eigenvalue weighted by Gasteiger charge is 2.15. The average molecular weight is 259 g/mol. The van der Waals surface area contributed by atoms with E-state index < -0.39 is 0 Å². The minimum Gasteiger partial charge on any atom is -0.497 e. The van der Waals surface area contributed by atoms with E-state index in [-0.39, 0.29) is 5.97 Å². The zero-order valence-corrected chi connectivity index (χ0v) is 11.3. The fourth-order valence-electron chi connectivity index (χ4n) is 1.98. The second-order valence-electron chi connectivity index (χ2n) is 4.11. The van der Waals surface area contributed by atoms with Gasteiger partial charge in [-0.05, 0) is 50.2 Å². The Morgan fingerprint density at radius 2 is 1.84 bits per heavy atom. The van der Waals surface area contributed by atoms with Gasteiger partial charge in [-0.1, -0.05) is 0 Å². The van der Waals surface area contributed by atoms with Crippen molar-refractivity contribution in [3.05, 3.63) is 47.8 Å². The summed E-state index contributed by atoms with van der Waals surface area (Å²) in [6.45, 7) is 4.12. The van der Waals surface area contributed by atoms with Crippen molar-refractivity contribution in [3.63, 3.8) is 0 Å². The third-order valence-corrected chi connectivity index (χ3v) is 2.89. The van der Waals surface area contributed by atoms with Gasteiger partial charge in [-0.3, -0.25) is 0 Å². The first-order valence-electron chi connectivity index (χ1n) is 6.17. The van der Waals surface area contributed by atoms with Gasteiger partial charge in [0, 0.05) is 11.4 Å². The number of ether oxygens (including phenoxy) is 2. The SMILES string of the molecule is CCOC(=O)c1ccc(C)n1-c1ccc(OC)cc1. The van der Waals surface area contributed by atoms with Crippen molar-refractivity contribution in [2.45, 2.75) is 13.8 Å². The van der Waals surface area contributed by atoms with E-state index in [1.54, 1.807) is 20.1 Å². The Morgan fingerprint density at radius 1 is 1.16 bits per heavy atom. The monoisotopic (exact) mass is 259 g/mol. The molecular weight excluding hydrogens is 242 g/mol. The van der Waals surface area contributed by atoms with Crippen molar-refractivity contribution >= 4 is 5.97 Å². The number of methoxy groups -OCH3 is 1. The predicted octanol–water partition coefficient (Wildman–Crippen LogP) is 2.97. The van der Waals surface area contributed by atoms with Gasteiger partial charge in [0.15, 0.2) is 0 Å². The summed E-state index contributed by atoms with van der Waals surface area (Å²) in [5, 5.41) is 0. The Balaban J connectivity index is 2.42. The second kappa shape index (κ2) is 5.61. The summed E-state index contributed by atoms with van der Waals surface area (Å²) in [5.74, 6) is 0.470. The molecule has 0 atom stereocenters. The summed E-state index contributed by atoms with van der Waals surface area (Å²) < 4.78 is 12.1. The van der Waals surface area contributed by atoms with Gasteiger partial charge in [-0.25, -0.2) is 4.79 Å². The van der Waals surface area contributed by atoms with E-state index in [2.05, 4.69) is 0 Å². The summed E-state index contributed by atoms with van der Waals surface area (Å²) in [7, 11) is 1.62. The van der Waals surface area contributed by atoms with E-state index in [0.29, 0.717) is 12.3 Å². The van der Waals surface area contributed by atoms with Gasteiger partial charge < -0.3 is 14.0 Å². The molecule has 0 radical (unpaired) electrons. The van der Waals surface area contributed by atoms with E-state index in [1.807, 2.05) is 41.8 Å². The normalized spacial score (nSPS) is 10.3. The number of hydrogen-bond donors (Lipinski definition) is 0. The van der Waals surface area contributed by atoms with Crippen LogP contribution in [0.1, 0.15) is 23.1 Å². The fraction of sp³-hybridized carbons (Fsp3) is 0.267. The number of carbonyl (C=O) groups is 1. The van der Waals surface area contributed by atoms with E-state index >= 15 is 0 Å². The number of aromatic nitrogens is 1. The van der Waals surface area contributed by atoms with Crippen LogP contribution in [-0.2, 0) is 4.74 Å². The van der Waals surface area contributed by atoms with Crippen molar-refractivity contribution in [1.29, 1.82) is 0 Å². The van der Waals surface area contributed by atoms with Gasteiger partial charge >= 0.3 is 5.97 Å². The molecule has 4 heteroatoms. The van der Waals surface area contributed by atoms with Crippen LogP contribution in [0.15, 0.2) is 36.4 Å². The molecule has 0 amide bonds. The highest BCUT2D eigenvalue weighted by molar-refractivity contribution is 5.88. The molecule has 0 N–H and O–H groups in total. The van der Waals surface area contributed by atoms with Crippen molar-refractivity contribution in [2.24, 2.45) is 0 Å². The molecule has 0 aliphatic carbocycles. The van der Waals surface area contributed by atoms with Crippen molar-refractivity contribution in [2.75, 3.05) is 13.7 Å². The first-order valence-corrected chi connectivity index (χ1v) is 6.17. The Kier molecular flexibility index (Phi) is 3.90. The number of aryl methyl sites for hydroxylation is 1. The average Bonchev–Trinajstić information content (AvgIpc) is 2.81. The van der Waals surface area contributed by atoms with Gasteiger partial charge in [-0.2, -0.15) is 0 Å². The van der Waals surface area contributed by atoms with Crippen LogP contribution in [0.3, 0.4) is 0 Å². The minimum absolute atomic E-state index is 0.314. The maximum absolute atomic E-state index is 11.9. The maximum atomic E-state index is 11.9. The smallest absolute Gasteiger partial charge is 0.355 e. The molecule has 0 spiro atoms. The molecule has 0 saturated heterocycles. The largest absolute Gasteiger partial charge is 0.497 e. The number of hydrogen-bond acceptors (Lipinski definition) is 3. The molecule has 2 rings (SSSR count). The van der Waals surface area contributed by atoms with Gasteiger partial charge in [0.05, 0.1) is 13.7 Å². The number of esters is 1. The zero-order valence-electron chi connectivity index (χ0n) is 11.3. The maximum Gasteiger partial charge on any atom is 0.355 e. The Bertz CT molecular complexity index is 570. The van der Waals surface area contributed by atoms with Crippen molar-refractivity contribution in [3.8, 4) is 11.4 Å². The molecule has 19 heavy (non-hydrogen) atoms. The Labute approximate surface area is 112 Å². The van der Waals surface area contributed by atoms with E-state index in [1.165, 1.54) is 0 Å². The van der Waals surface area contributed by atoms with Gasteiger partial charge in [0.25, 0.3) is 0 Å². The lowest BCUT2D eigenvalue weighted by Gasteiger charge is -2.11. The lowest BCUT2D eigenvalue weighted by Crippen LogP contribution is -2.11. The molecular formula is C15H17NO3. The molecule has 1 aromatic carbocycles. The van der Waals surface area contributed by atoms with Crippen LogP contribution in [0.5, 0.6) is 5.75 Å². The van der Waals surface area contributed by atoms with E-state index in [4.69, 9.17) is 9.47 Å². The topological polar surface area (TPSA) is 40.5 Å². The summed E-state index contributed by atoms with van der Waals surface area (Å²) in [6, 6.07) is 11.2. The lowest BCUT2D eigenvalue weighted by atomic mass is 10.3. The van der Waals surface area contributed by atoms with Crippen LogP contribution < -0.4 is 4.74 Å². The minimum atomic E-state index is -0.314. The van der Waals surface area contributed by atoms with Crippen LogP contribution in [0, 0.1) is 6.92 Å². The first kappa shape index (κ1) is 13.2. The van der Waals surface area contributed by atoms with Crippen molar-refractivity contribution in [1.82, 2.24) is 4.57 Å². The molecule has 0 aliphatic heterocycles. The molecule has 0 aliphatic rings. The highest BCUT2D eigenvalue weighted by Crippen LogP contribution is 2.20. The number of rotatable bonds is 4. The molecule has 4 nitrogen and oxygen atoms in total. The van der Waals surface area contributed by atoms with Gasteiger partial charge in [-0.15, -0.1) is 0 Å². The predicted molar refractivity (Wildman–Crippen MR) is 73.0 cm³/mol. The summed E-state index contributed by atoms with van der Waals surface area (Å²) >= 11 is 0. The number of benzene rings is 1. The Hall–Kier alpha value is -2.23. The van der Waals surface area contributed by atoms with Gasteiger partial charge in [0.1, 0.15) is 11.4 Å². The van der Waals surface area contributed by atoms with Crippen LogP contribution in [0.4, 0.5) is 0 Å². The van der Waals surface area contributed by atoms with E-state index in [9.17, 15) is 4.79 Å². The highest BCUT2D eigenvalue weighted by atomic mass is 16.5. The van der Waals surface area contributed by atoms with Crippen LogP contribution in [-0.4, -0.2) is 24.3 Å². The van der Waals surface area contributed by atoms with Crippen LogP contribution in [0.25, 0.3) is 5.69 Å². The quantitative estimate of drug-likeness (QED) is 0.792. The third kappa shape index (κ3) is 2.62. The number of nitrogens with zero attached hydrogens (tertiary/aromatic N) is 1. The molecule has 0 fully saturated rings. The third-order valence-electron chi connectivity index (χ3n) is 2.89. The van der Waals surface area contributed by atoms with Crippen molar-refractivity contribution < 1.29 is 14.3 Å². The summed E-state index contributed by atoms with van der Waals surface area (Å²) in [4.78, 5) is 11.9. The molecule has 100 valence electrons. The lowest BCUT2D eigenvalue weighted by molar-refractivity contribution is 0.0517. The summed E-state index contributed by atoms with van der Waals surface area (Å²) in [6.07, 6.45) is 0. The molecule has 1 aromatic heterocycles. The second-order valence-corrected chi connectivity index (χ2v) is 4.11. The Morgan fingerprint density at radius 3 is 2.42 bits per heavy atom. The molecule has 0 bridgehead atoms. The fourth-order valence-corrected chi connectivity index (χ4v) is 1.98. The molecule has 0 saturated carbocycles. The first-order chi connectivity index (χ1) is 9.17. The molecule has 2 aromatic rings. The summed E-state index contributed by atoms with van der Waals surface area (Å²) in [5.41, 5.74) is 2.42. The van der Waals surface area contributed by atoms with E-state index in [0.717, 1.165) is 17.1 Å². The van der Waals surface area contributed by atoms with Crippen LogP contribution >= 0.6 is 0 Å².